The molecule has 0 spiro atoms. The van der Waals surface area contributed by atoms with E-state index in [9.17, 15) is 23.7 Å². The molecule has 0 saturated carbocycles. The molecule has 110 valence electrons. The summed E-state index contributed by atoms with van der Waals surface area (Å²) in [6.07, 6.45) is 0. The molecule has 0 aromatic heterocycles. The molecule has 1 aromatic carbocycles. The van der Waals surface area contributed by atoms with Crippen LogP contribution in [0.4, 0.5) is 20.2 Å². The van der Waals surface area contributed by atoms with Crippen molar-refractivity contribution in [3.63, 3.8) is 0 Å². The Morgan fingerprint density at radius 1 is 1.45 bits per heavy atom. The third kappa shape index (κ3) is 3.62. The molecule has 0 radical (unpaired) electrons. The van der Waals surface area contributed by atoms with Gasteiger partial charge in [-0.1, -0.05) is 13.8 Å². The van der Waals surface area contributed by atoms with Crippen LogP contribution in [0.5, 0.6) is 0 Å². The highest BCUT2D eigenvalue weighted by atomic mass is 19.2. The number of nitro benzene ring substituents is 1. The molecule has 0 heterocycles. The van der Waals surface area contributed by atoms with Gasteiger partial charge < -0.3 is 10.0 Å². The summed E-state index contributed by atoms with van der Waals surface area (Å²) in [5, 5.41) is 19.7. The first-order valence-corrected chi connectivity index (χ1v) is 5.83. The van der Waals surface area contributed by atoms with Crippen molar-refractivity contribution in [1.29, 1.82) is 0 Å². The molecule has 20 heavy (non-hydrogen) atoms. The second kappa shape index (κ2) is 6.27. The molecular weight excluding hydrogens is 274 g/mol. The van der Waals surface area contributed by atoms with E-state index in [0.717, 1.165) is 11.0 Å². The molecule has 1 rings (SSSR count). The normalized spacial score (nSPS) is 10.7. The maximum absolute atomic E-state index is 13.9. The molecular formula is C12H14F2N2O4. The summed E-state index contributed by atoms with van der Waals surface area (Å²) in [6, 6.07) is 1.47. The molecule has 1 N–H and O–H groups in total. The van der Waals surface area contributed by atoms with Crippen LogP contribution in [-0.2, 0) is 4.79 Å². The minimum Gasteiger partial charge on any atom is -0.480 e. The standard InChI is InChI=1S/C12H14F2N2O4/c1-7(2)5-15(6-10(17)18)12-9(16(19)20)4-3-8(13)11(12)14/h3-4,7H,5-6H2,1-2H3,(H,17,18). The molecule has 0 fully saturated rings. The smallest absolute Gasteiger partial charge is 0.323 e. The summed E-state index contributed by atoms with van der Waals surface area (Å²) >= 11 is 0. The third-order valence-electron chi connectivity index (χ3n) is 2.47. The molecule has 0 bridgehead atoms. The van der Waals surface area contributed by atoms with Crippen LogP contribution in [0.15, 0.2) is 12.1 Å². The number of halogens is 2. The fraction of sp³-hybridized carbons (Fsp3) is 0.417. The number of aliphatic carboxylic acids is 1. The highest BCUT2D eigenvalue weighted by Crippen LogP contribution is 2.33. The van der Waals surface area contributed by atoms with E-state index in [-0.39, 0.29) is 12.5 Å². The molecule has 0 atom stereocenters. The van der Waals surface area contributed by atoms with Crippen LogP contribution in [0.2, 0.25) is 0 Å². The second-order valence-corrected chi connectivity index (χ2v) is 4.65. The highest BCUT2D eigenvalue weighted by molar-refractivity contribution is 5.76. The van der Waals surface area contributed by atoms with Crippen LogP contribution in [0.1, 0.15) is 13.8 Å². The monoisotopic (exact) mass is 288 g/mol. The molecule has 6 nitrogen and oxygen atoms in total. The summed E-state index contributed by atoms with van der Waals surface area (Å²) in [4.78, 5) is 21.8. The van der Waals surface area contributed by atoms with E-state index in [1.54, 1.807) is 13.8 Å². The molecule has 0 aliphatic carbocycles. The van der Waals surface area contributed by atoms with Crippen molar-refractivity contribution in [2.24, 2.45) is 5.92 Å². The predicted molar refractivity (Wildman–Crippen MR) is 67.7 cm³/mol. The Kier molecular flexibility index (Phi) is 4.95. The fourth-order valence-corrected chi connectivity index (χ4v) is 1.82. The Morgan fingerprint density at radius 2 is 2.05 bits per heavy atom. The summed E-state index contributed by atoms with van der Waals surface area (Å²) in [5.41, 5.74) is -1.29. The van der Waals surface area contributed by atoms with Gasteiger partial charge >= 0.3 is 5.97 Å². The zero-order valence-corrected chi connectivity index (χ0v) is 11.0. The Morgan fingerprint density at radius 3 is 2.50 bits per heavy atom. The number of carbonyl (C=O) groups is 1. The predicted octanol–water partition coefficient (Wildman–Crippen LogP) is 2.42. The van der Waals surface area contributed by atoms with Crippen molar-refractivity contribution >= 4 is 17.3 Å². The summed E-state index contributed by atoms with van der Waals surface area (Å²) in [7, 11) is 0. The molecule has 8 heteroatoms. The number of anilines is 1. The van der Waals surface area contributed by atoms with Gasteiger partial charge in [0.2, 0.25) is 0 Å². The number of rotatable bonds is 6. The average molecular weight is 288 g/mol. The van der Waals surface area contributed by atoms with E-state index in [0.29, 0.717) is 6.07 Å². The topological polar surface area (TPSA) is 83.7 Å². The maximum Gasteiger partial charge on any atom is 0.323 e. The second-order valence-electron chi connectivity index (χ2n) is 4.65. The van der Waals surface area contributed by atoms with Gasteiger partial charge in [0.25, 0.3) is 5.69 Å². The van der Waals surface area contributed by atoms with Gasteiger partial charge in [0.15, 0.2) is 17.3 Å². The zero-order valence-electron chi connectivity index (χ0n) is 11.0. The van der Waals surface area contributed by atoms with Crippen molar-refractivity contribution in [2.45, 2.75) is 13.8 Å². The molecule has 0 amide bonds. The van der Waals surface area contributed by atoms with E-state index in [1.165, 1.54) is 0 Å². The van der Waals surface area contributed by atoms with Gasteiger partial charge in [0, 0.05) is 12.6 Å². The van der Waals surface area contributed by atoms with Crippen LogP contribution in [0.3, 0.4) is 0 Å². The van der Waals surface area contributed by atoms with Gasteiger partial charge in [-0.15, -0.1) is 0 Å². The van der Waals surface area contributed by atoms with Gasteiger partial charge in [-0.3, -0.25) is 14.9 Å². The number of hydrogen-bond donors (Lipinski definition) is 1. The van der Waals surface area contributed by atoms with E-state index >= 15 is 0 Å². The maximum atomic E-state index is 13.9. The van der Waals surface area contributed by atoms with Crippen LogP contribution < -0.4 is 4.90 Å². The van der Waals surface area contributed by atoms with Crippen LogP contribution in [-0.4, -0.2) is 29.1 Å². The summed E-state index contributed by atoms with van der Waals surface area (Å²) in [6.45, 7) is 2.86. The molecule has 0 unspecified atom stereocenters. The summed E-state index contributed by atoms with van der Waals surface area (Å²) in [5.74, 6) is -4.05. The lowest BCUT2D eigenvalue weighted by Gasteiger charge is -2.24. The van der Waals surface area contributed by atoms with E-state index in [2.05, 4.69) is 0 Å². The highest BCUT2D eigenvalue weighted by Gasteiger charge is 2.28. The van der Waals surface area contributed by atoms with Crippen molar-refractivity contribution in [1.82, 2.24) is 0 Å². The Balaban J connectivity index is 3.39. The first-order chi connectivity index (χ1) is 9.23. The number of nitro groups is 1. The van der Waals surface area contributed by atoms with Gasteiger partial charge in [-0.05, 0) is 12.0 Å². The van der Waals surface area contributed by atoms with Crippen LogP contribution >= 0.6 is 0 Å². The van der Waals surface area contributed by atoms with Gasteiger partial charge in [0.1, 0.15) is 6.54 Å². The minimum atomic E-state index is -1.42. The Bertz CT molecular complexity index is 534. The first-order valence-electron chi connectivity index (χ1n) is 5.83. The van der Waals surface area contributed by atoms with E-state index in [4.69, 9.17) is 5.11 Å². The van der Waals surface area contributed by atoms with Crippen LogP contribution in [0, 0.1) is 27.7 Å². The Labute approximate surface area is 113 Å². The Hall–Kier alpha value is -2.25. The summed E-state index contributed by atoms with van der Waals surface area (Å²) < 4.78 is 27.1. The number of benzene rings is 1. The molecule has 0 aliphatic heterocycles. The lowest BCUT2D eigenvalue weighted by atomic mass is 10.1. The fourth-order valence-electron chi connectivity index (χ4n) is 1.82. The van der Waals surface area contributed by atoms with E-state index < -0.39 is 40.4 Å². The zero-order chi connectivity index (χ0) is 15.4. The SMILES string of the molecule is CC(C)CN(CC(=O)O)c1c([N+](=O)[O-])ccc(F)c1F. The quantitative estimate of drug-likeness (QED) is 0.642. The largest absolute Gasteiger partial charge is 0.480 e. The lowest BCUT2D eigenvalue weighted by Crippen LogP contribution is -2.34. The van der Waals surface area contributed by atoms with Crippen molar-refractivity contribution in [3.8, 4) is 0 Å². The van der Waals surface area contributed by atoms with Gasteiger partial charge in [0.05, 0.1) is 4.92 Å². The first kappa shape index (κ1) is 15.8. The van der Waals surface area contributed by atoms with Crippen molar-refractivity contribution in [2.75, 3.05) is 18.0 Å². The molecule has 0 aliphatic rings. The van der Waals surface area contributed by atoms with Crippen molar-refractivity contribution in [3.05, 3.63) is 33.9 Å². The lowest BCUT2D eigenvalue weighted by molar-refractivity contribution is -0.384. The number of nitrogens with zero attached hydrogens (tertiary/aromatic N) is 2. The molecule has 1 aromatic rings. The van der Waals surface area contributed by atoms with Gasteiger partial charge in [-0.2, -0.15) is 0 Å². The van der Waals surface area contributed by atoms with Crippen LogP contribution in [0.25, 0.3) is 0 Å². The van der Waals surface area contributed by atoms with E-state index in [1.807, 2.05) is 0 Å². The van der Waals surface area contributed by atoms with Gasteiger partial charge in [-0.25, -0.2) is 8.78 Å². The number of carboxylic acids is 1. The molecule has 0 saturated heterocycles. The minimum absolute atomic E-state index is 0.0491. The van der Waals surface area contributed by atoms with Crippen molar-refractivity contribution < 1.29 is 23.6 Å². The number of hydrogen-bond acceptors (Lipinski definition) is 4. The number of carboxylic acid groups (broad SMARTS) is 1. The average Bonchev–Trinajstić information content (AvgIpc) is 2.29. The third-order valence-corrected chi connectivity index (χ3v) is 2.47.